The summed E-state index contributed by atoms with van der Waals surface area (Å²) in [6.45, 7) is 0.843. The second kappa shape index (κ2) is 7.09. The van der Waals surface area contributed by atoms with E-state index in [1.54, 1.807) is 12.1 Å². The van der Waals surface area contributed by atoms with Crippen molar-refractivity contribution in [1.82, 2.24) is 4.90 Å². The third kappa shape index (κ3) is 3.73. The highest BCUT2D eigenvalue weighted by Crippen LogP contribution is 2.27. The molecule has 0 bridgehead atoms. The Morgan fingerprint density at radius 3 is 2.95 bits per heavy atom. The molecule has 0 spiro atoms. The lowest BCUT2D eigenvalue weighted by molar-refractivity contribution is 0.0609. The van der Waals surface area contributed by atoms with E-state index in [4.69, 9.17) is 11.6 Å². The number of hydrogen-bond donors (Lipinski definition) is 0. The number of nitrogens with zero attached hydrogens (tertiary/aromatic N) is 1. The second-order valence-corrected chi connectivity index (χ2v) is 6.83. The van der Waals surface area contributed by atoms with E-state index in [0.29, 0.717) is 16.6 Å². The third-order valence-corrected chi connectivity index (χ3v) is 4.87. The molecule has 2 nitrogen and oxygen atoms in total. The van der Waals surface area contributed by atoms with Gasteiger partial charge in [0.25, 0.3) is 5.91 Å². The molecule has 1 amide bonds. The lowest BCUT2D eigenvalue weighted by atomic mass is 9.99. The molecule has 1 heterocycles. The van der Waals surface area contributed by atoms with Crippen LogP contribution in [0.2, 0.25) is 5.02 Å². The average Bonchev–Trinajstić information content (AvgIpc) is 2.42. The predicted molar refractivity (Wildman–Crippen MR) is 86.2 cm³/mol. The Bertz CT molecular complexity index is 465. The molecule has 1 unspecified atom stereocenters. The highest BCUT2D eigenvalue weighted by atomic mass is 79.9. The Balaban J connectivity index is 2.23. The van der Waals surface area contributed by atoms with Gasteiger partial charge in [-0.25, -0.2) is 0 Å². The number of likely N-dealkylation sites (tertiary alicyclic amines) is 1. The van der Waals surface area contributed by atoms with Crippen LogP contribution in [0.15, 0.2) is 22.7 Å². The Labute approximate surface area is 135 Å². The number of alkyl halides is 1. The fourth-order valence-corrected chi connectivity index (χ4v) is 3.63. The first-order valence-electron chi connectivity index (χ1n) is 6.45. The van der Waals surface area contributed by atoms with Crippen LogP contribution in [0, 0.1) is 0 Å². The fraction of sp³-hybridized carbons (Fsp3) is 0.500. The average molecular weight is 410 g/mol. The van der Waals surface area contributed by atoms with Gasteiger partial charge in [0.15, 0.2) is 0 Å². The lowest BCUT2D eigenvalue weighted by Crippen LogP contribution is -2.44. The number of benzene rings is 1. The van der Waals surface area contributed by atoms with E-state index in [9.17, 15) is 4.79 Å². The van der Waals surface area contributed by atoms with Gasteiger partial charge < -0.3 is 4.90 Å². The summed E-state index contributed by atoms with van der Waals surface area (Å²) in [4.78, 5) is 14.7. The first kappa shape index (κ1) is 15.3. The van der Waals surface area contributed by atoms with Crippen molar-refractivity contribution in [2.75, 3.05) is 11.9 Å². The summed E-state index contributed by atoms with van der Waals surface area (Å²) in [6.07, 6.45) is 4.39. The Morgan fingerprint density at radius 2 is 2.21 bits per heavy atom. The molecular weight excluding hydrogens is 393 g/mol. The van der Waals surface area contributed by atoms with Gasteiger partial charge in [-0.15, -0.1) is 0 Å². The third-order valence-electron chi connectivity index (χ3n) is 3.49. The van der Waals surface area contributed by atoms with E-state index in [1.165, 1.54) is 6.42 Å². The topological polar surface area (TPSA) is 20.3 Å². The molecule has 0 radical (unpaired) electrons. The van der Waals surface area contributed by atoms with Crippen LogP contribution in [-0.4, -0.2) is 28.7 Å². The zero-order valence-corrected chi connectivity index (χ0v) is 14.5. The van der Waals surface area contributed by atoms with Gasteiger partial charge in [-0.05, 0) is 59.8 Å². The van der Waals surface area contributed by atoms with E-state index in [2.05, 4.69) is 31.9 Å². The van der Waals surface area contributed by atoms with Gasteiger partial charge >= 0.3 is 0 Å². The van der Waals surface area contributed by atoms with E-state index in [1.807, 2.05) is 11.0 Å². The molecule has 1 aromatic carbocycles. The van der Waals surface area contributed by atoms with Crippen LogP contribution in [0.1, 0.15) is 36.0 Å². The number of halogens is 3. The summed E-state index contributed by atoms with van der Waals surface area (Å²) in [5.74, 6) is 0.0834. The van der Waals surface area contributed by atoms with Gasteiger partial charge in [0.05, 0.1) is 5.56 Å². The maximum atomic E-state index is 12.7. The van der Waals surface area contributed by atoms with Crippen molar-refractivity contribution in [3.05, 3.63) is 33.3 Å². The van der Waals surface area contributed by atoms with E-state index >= 15 is 0 Å². The fourth-order valence-electron chi connectivity index (χ4n) is 2.51. The van der Waals surface area contributed by atoms with E-state index in [-0.39, 0.29) is 5.91 Å². The summed E-state index contributed by atoms with van der Waals surface area (Å²) in [5, 5.41) is 1.53. The van der Waals surface area contributed by atoms with Crippen molar-refractivity contribution < 1.29 is 4.79 Å². The molecule has 1 aliphatic rings. The van der Waals surface area contributed by atoms with Crippen LogP contribution in [0.3, 0.4) is 0 Å². The van der Waals surface area contributed by atoms with Crippen molar-refractivity contribution >= 4 is 49.4 Å². The normalized spacial score (nSPS) is 19.5. The largest absolute Gasteiger partial charge is 0.336 e. The smallest absolute Gasteiger partial charge is 0.255 e. The molecule has 1 atom stereocenters. The van der Waals surface area contributed by atoms with Crippen LogP contribution < -0.4 is 0 Å². The van der Waals surface area contributed by atoms with Crippen molar-refractivity contribution in [3.8, 4) is 0 Å². The summed E-state index contributed by atoms with van der Waals surface area (Å²) in [7, 11) is 0. The molecule has 5 heteroatoms. The highest BCUT2D eigenvalue weighted by Gasteiger charge is 2.27. The maximum absolute atomic E-state index is 12.7. The number of amides is 1. The van der Waals surface area contributed by atoms with Crippen LogP contribution in [0.4, 0.5) is 0 Å². The zero-order valence-electron chi connectivity index (χ0n) is 10.5. The summed E-state index contributed by atoms with van der Waals surface area (Å²) in [5.41, 5.74) is 0.661. The molecule has 1 aromatic rings. The highest BCUT2D eigenvalue weighted by molar-refractivity contribution is 9.10. The van der Waals surface area contributed by atoms with Gasteiger partial charge in [-0.3, -0.25) is 4.79 Å². The van der Waals surface area contributed by atoms with Gasteiger partial charge in [0.2, 0.25) is 0 Å². The van der Waals surface area contributed by atoms with E-state index < -0.39 is 0 Å². The lowest BCUT2D eigenvalue weighted by Gasteiger charge is -2.36. The van der Waals surface area contributed by atoms with Crippen LogP contribution in [0.5, 0.6) is 0 Å². The van der Waals surface area contributed by atoms with Crippen molar-refractivity contribution in [1.29, 1.82) is 0 Å². The summed E-state index contributed by atoms with van der Waals surface area (Å²) < 4.78 is 0.810. The molecule has 0 N–H and O–H groups in total. The van der Waals surface area contributed by atoms with Gasteiger partial charge in [-0.1, -0.05) is 27.5 Å². The molecule has 1 fully saturated rings. The zero-order chi connectivity index (χ0) is 13.8. The molecule has 1 aliphatic heterocycles. The van der Waals surface area contributed by atoms with Crippen LogP contribution >= 0.6 is 43.5 Å². The molecule has 19 heavy (non-hydrogen) atoms. The van der Waals surface area contributed by atoms with Gasteiger partial charge in [0, 0.05) is 27.4 Å². The molecule has 2 rings (SSSR count). The monoisotopic (exact) mass is 407 g/mol. The minimum Gasteiger partial charge on any atom is -0.336 e. The molecular formula is C14H16Br2ClNO. The Hall–Kier alpha value is -0.0600. The molecule has 0 aliphatic carbocycles. The van der Waals surface area contributed by atoms with Gasteiger partial charge in [-0.2, -0.15) is 0 Å². The van der Waals surface area contributed by atoms with Gasteiger partial charge in [0.1, 0.15) is 0 Å². The van der Waals surface area contributed by atoms with E-state index in [0.717, 1.165) is 35.6 Å². The minimum atomic E-state index is 0.0834. The van der Waals surface area contributed by atoms with Crippen LogP contribution in [0.25, 0.3) is 0 Å². The number of carbonyl (C=O) groups excluding carboxylic acids is 1. The number of carbonyl (C=O) groups is 1. The Kier molecular flexibility index (Phi) is 5.72. The minimum absolute atomic E-state index is 0.0834. The second-order valence-electron chi connectivity index (χ2n) is 4.75. The Morgan fingerprint density at radius 1 is 1.42 bits per heavy atom. The molecule has 1 saturated heterocycles. The quantitative estimate of drug-likeness (QED) is 0.652. The standard InChI is InChI=1S/C14H16Br2ClNO/c15-7-6-11-3-1-2-8-18(11)14(19)12-9-10(17)4-5-13(12)16/h4-5,9,11H,1-3,6-8H2. The maximum Gasteiger partial charge on any atom is 0.255 e. The number of rotatable bonds is 3. The molecule has 0 saturated carbocycles. The molecule has 104 valence electrons. The SMILES string of the molecule is O=C(c1cc(Cl)ccc1Br)N1CCCCC1CCBr. The first-order valence-corrected chi connectivity index (χ1v) is 8.74. The number of hydrogen-bond acceptors (Lipinski definition) is 1. The van der Waals surface area contributed by atoms with Crippen molar-refractivity contribution in [2.24, 2.45) is 0 Å². The van der Waals surface area contributed by atoms with Crippen molar-refractivity contribution in [2.45, 2.75) is 31.7 Å². The predicted octanol–water partition coefficient (Wildman–Crippen LogP) is 4.88. The molecule has 0 aromatic heterocycles. The van der Waals surface area contributed by atoms with Crippen LogP contribution in [-0.2, 0) is 0 Å². The number of piperidine rings is 1. The first-order chi connectivity index (χ1) is 9.13. The summed E-state index contributed by atoms with van der Waals surface area (Å²) >= 11 is 12.9. The summed E-state index contributed by atoms with van der Waals surface area (Å²) in [6, 6.07) is 5.70. The van der Waals surface area contributed by atoms with Crippen molar-refractivity contribution in [3.63, 3.8) is 0 Å².